The lowest BCUT2D eigenvalue weighted by atomic mass is 9.37. The van der Waals surface area contributed by atoms with Gasteiger partial charge in [0.25, 0.3) is 0 Å². The first-order chi connectivity index (χ1) is 18.0. The summed E-state index contributed by atoms with van der Waals surface area (Å²) in [7, 11) is 0. The maximum atomic E-state index is 13.6. The van der Waals surface area contributed by atoms with Gasteiger partial charge in [0.15, 0.2) is 11.6 Å². The number of aliphatic hydroxyl groups is 4. The van der Waals surface area contributed by atoms with E-state index in [0.29, 0.717) is 6.42 Å². The van der Waals surface area contributed by atoms with Crippen molar-refractivity contribution in [1.29, 1.82) is 0 Å². The minimum atomic E-state index is -2.06. The number of Topliss-reactive ketones (excluding diaryl/α,β-unsaturated/α-hetero) is 1. The van der Waals surface area contributed by atoms with Crippen LogP contribution >= 0.6 is 0 Å². The van der Waals surface area contributed by atoms with E-state index in [-0.39, 0.29) is 43.0 Å². The number of carbonyl (C=O) groups is 3. The first-order valence-corrected chi connectivity index (χ1v) is 14.4. The molecular formula is C30H44O9. The van der Waals surface area contributed by atoms with Crippen molar-refractivity contribution in [2.45, 2.75) is 97.4 Å². The van der Waals surface area contributed by atoms with E-state index in [4.69, 9.17) is 9.47 Å². The molecule has 218 valence electrons. The predicted molar refractivity (Wildman–Crippen MR) is 139 cm³/mol. The first-order valence-electron chi connectivity index (χ1n) is 14.4. The Labute approximate surface area is 229 Å². The number of ether oxygens (including phenoxy) is 2. The number of fused-ring (bicyclic) bond motifs is 1. The van der Waals surface area contributed by atoms with Crippen LogP contribution in [0.3, 0.4) is 0 Å². The topological polar surface area (TPSA) is 151 Å². The predicted octanol–water partition coefficient (Wildman–Crippen LogP) is 1.78. The number of ketones is 2. The quantitative estimate of drug-likeness (QED) is 0.364. The minimum absolute atomic E-state index is 0.0310. The summed E-state index contributed by atoms with van der Waals surface area (Å²) >= 11 is 0. The second kappa shape index (κ2) is 8.92. The molecule has 1 spiro atoms. The average Bonchev–Trinajstić information content (AvgIpc) is 3.13. The molecule has 9 heteroatoms. The smallest absolute Gasteiger partial charge is 0.309 e. The summed E-state index contributed by atoms with van der Waals surface area (Å²) in [5.41, 5.74) is -2.71. The van der Waals surface area contributed by atoms with E-state index in [2.05, 4.69) is 0 Å². The van der Waals surface area contributed by atoms with Crippen molar-refractivity contribution < 1.29 is 44.3 Å². The van der Waals surface area contributed by atoms with Gasteiger partial charge >= 0.3 is 5.97 Å². The third-order valence-corrected chi connectivity index (χ3v) is 11.7. The lowest BCUT2D eigenvalue weighted by molar-refractivity contribution is -0.337. The zero-order chi connectivity index (χ0) is 29.0. The van der Waals surface area contributed by atoms with Crippen molar-refractivity contribution in [2.24, 2.45) is 52.3 Å². The Balaban J connectivity index is 1.60. The highest BCUT2D eigenvalue weighted by Gasteiger charge is 2.83. The maximum Gasteiger partial charge on any atom is 0.309 e. The Morgan fingerprint density at radius 2 is 1.79 bits per heavy atom. The van der Waals surface area contributed by atoms with Crippen LogP contribution in [0.15, 0.2) is 11.6 Å². The largest absolute Gasteiger partial charge is 0.461 e. The Kier molecular flexibility index (Phi) is 6.60. The SMILES string of the molecule is CC1=CC(=O)[C@@H](O)C2(C)C3[C@]45CO[C@@]3(O)[C@H](O)C(C)C4C(CC(=O)CC(O)(C(C)C)C(C)C)C(=O)O[C@@H]5C[C@@H]12. The van der Waals surface area contributed by atoms with Crippen molar-refractivity contribution in [2.75, 3.05) is 6.61 Å². The number of allylic oxidation sites excluding steroid dienone is 1. The number of esters is 1. The zero-order valence-electron chi connectivity index (χ0n) is 24.0. The summed E-state index contributed by atoms with van der Waals surface area (Å²) in [6, 6.07) is 0. The van der Waals surface area contributed by atoms with Crippen LogP contribution in [-0.2, 0) is 23.9 Å². The van der Waals surface area contributed by atoms with Crippen LogP contribution < -0.4 is 0 Å². The molecule has 0 amide bonds. The third-order valence-electron chi connectivity index (χ3n) is 11.7. The summed E-state index contributed by atoms with van der Waals surface area (Å²) in [6.45, 7) is 12.7. The van der Waals surface area contributed by atoms with Gasteiger partial charge in [-0.25, -0.2) is 0 Å². The fourth-order valence-corrected chi connectivity index (χ4v) is 9.73. The second-order valence-electron chi connectivity index (χ2n) is 14.0. The Hall–Kier alpha value is -1.65. The van der Waals surface area contributed by atoms with Gasteiger partial charge in [-0.05, 0) is 49.0 Å². The van der Waals surface area contributed by atoms with Gasteiger partial charge in [0.05, 0.1) is 18.1 Å². The molecule has 5 unspecified atom stereocenters. The molecule has 4 N–H and O–H groups in total. The summed E-state index contributed by atoms with van der Waals surface area (Å²) in [6.07, 6.45) is -2.08. The van der Waals surface area contributed by atoms with Crippen LogP contribution in [0.4, 0.5) is 0 Å². The maximum absolute atomic E-state index is 13.6. The molecule has 2 saturated carbocycles. The standard InChI is InChI=1S/C30H44O9/c1-13(2)29(36,14(3)4)11-17(31)9-18-22-16(6)23(33)30(37)26-27(7)19(15(5)8-20(32)24(27)34)10-21(39-25(18)35)28(22,26)12-38-30/h8,13-14,16,18-19,21-24,26,33-34,36-37H,9-12H2,1-7H3/t16?,18?,19-,21+,22?,23+,24+,26?,27?,28-,30-/m0/s1. The molecule has 2 aliphatic heterocycles. The van der Waals surface area contributed by atoms with Gasteiger partial charge in [0, 0.05) is 29.6 Å². The summed E-state index contributed by atoms with van der Waals surface area (Å²) < 4.78 is 12.1. The zero-order valence-corrected chi connectivity index (χ0v) is 24.0. The van der Waals surface area contributed by atoms with Gasteiger partial charge < -0.3 is 29.9 Å². The van der Waals surface area contributed by atoms with Crippen LogP contribution in [0.1, 0.15) is 67.7 Å². The van der Waals surface area contributed by atoms with Crippen molar-refractivity contribution in [3.63, 3.8) is 0 Å². The van der Waals surface area contributed by atoms with Crippen molar-refractivity contribution >= 4 is 17.5 Å². The molecule has 5 aliphatic rings. The van der Waals surface area contributed by atoms with Crippen LogP contribution in [0.25, 0.3) is 0 Å². The van der Waals surface area contributed by atoms with Gasteiger partial charge in [-0.1, -0.05) is 47.1 Å². The highest BCUT2D eigenvalue weighted by atomic mass is 16.6. The highest BCUT2D eigenvalue weighted by Crippen LogP contribution is 2.74. The molecule has 2 saturated heterocycles. The molecule has 0 aromatic rings. The van der Waals surface area contributed by atoms with E-state index >= 15 is 0 Å². The molecule has 39 heavy (non-hydrogen) atoms. The molecule has 5 rings (SSSR count). The molecule has 3 aliphatic carbocycles. The van der Waals surface area contributed by atoms with Gasteiger partial charge in [-0.15, -0.1) is 0 Å². The van der Waals surface area contributed by atoms with Crippen LogP contribution in [-0.4, -0.2) is 74.3 Å². The van der Waals surface area contributed by atoms with Gasteiger partial charge in [0.2, 0.25) is 0 Å². The molecule has 9 nitrogen and oxygen atoms in total. The Morgan fingerprint density at radius 3 is 2.38 bits per heavy atom. The van der Waals surface area contributed by atoms with Crippen molar-refractivity contribution in [1.82, 2.24) is 0 Å². The fraction of sp³-hybridized carbons (Fsp3) is 0.833. The molecule has 0 radical (unpaired) electrons. The van der Waals surface area contributed by atoms with Crippen LogP contribution in [0.2, 0.25) is 0 Å². The van der Waals surface area contributed by atoms with E-state index in [0.717, 1.165) is 5.57 Å². The van der Waals surface area contributed by atoms with E-state index in [1.165, 1.54) is 6.08 Å². The van der Waals surface area contributed by atoms with E-state index in [9.17, 15) is 34.8 Å². The molecule has 2 bridgehead atoms. The number of hydrogen-bond acceptors (Lipinski definition) is 9. The molecule has 0 aromatic heterocycles. The Bertz CT molecular complexity index is 1100. The first kappa shape index (κ1) is 28.9. The minimum Gasteiger partial charge on any atom is -0.461 e. The number of hydrogen-bond donors (Lipinski definition) is 4. The molecule has 0 aromatic carbocycles. The average molecular weight is 549 g/mol. The van der Waals surface area contributed by atoms with Crippen LogP contribution in [0.5, 0.6) is 0 Å². The number of carbonyl (C=O) groups excluding carboxylic acids is 3. The fourth-order valence-electron chi connectivity index (χ4n) is 9.73. The highest BCUT2D eigenvalue weighted by molar-refractivity contribution is 5.96. The van der Waals surface area contributed by atoms with E-state index in [1.807, 2.05) is 27.7 Å². The lowest BCUT2D eigenvalue weighted by Crippen LogP contribution is -2.77. The molecular weight excluding hydrogens is 504 g/mol. The molecule has 4 fully saturated rings. The third kappa shape index (κ3) is 3.52. The summed E-state index contributed by atoms with van der Waals surface area (Å²) in [5.74, 6) is -7.18. The van der Waals surface area contributed by atoms with E-state index in [1.54, 1.807) is 20.8 Å². The second-order valence-corrected chi connectivity index (χ2v) is 14.0. The van der Waals surface area contributed by atoms with Crippen LogP contribution in [0, 0.1) is 52.3 Å². The van der Waals surface area contributed by atoms with Crippen molar-refractivity contribution in [3.8, 4) is 0 Å². The van der Waals surface area contributed by atoms with Gasteiger partial charge in [-0.2, -0.15) is 0 Å². The van der Waals surface area contributed by atoms with Gasteiger partial charge in [0.1, 0.15) is 24.1 Å². The number of rotatable bonds is 6. The van der Waals surface area contributed by atoms with Gasteiger partial charge in [-0.3, -0.25) is 14.4 Å². The summed E-state index contributed by atoms with van der Waals surface area (Å²) in [5, 5.41) is 46.1. The van der Waals surface area contributed by atoms with Crippen molar-refractivity contribution in [3.05, 3.63) is 11.6 Å². The molecule has 11 atom stereocenters. The normalized spacial score (nSPS) is 47.1. The Morgan fingerprint density at radius 1 is 1.18 bits per heavy atom. The van der Waals surface area contributed by atoms with E-state index < -0.39 is 76.0 Å². The summed E-state index contributed by atoms with van der Waals surface area (Å²) in [4.78, 5) is 40.0. The molecule has 2 heterocycles. The number of aliphatic hydroxyl groups excluding tert-OH is 2. The monoisotopic (exact) mass is 548 g/mol. The lowest BCUT2D eigenvalue weighted by Gasteiger charge is -2.68.